The summed E-state index contributed by atoms with van der Waals surface area (Å²) in [6.07, 6.45) is -0.776. The Bertz CT molecular complexity index is 760. The first-order valence-corrected chi connectivity index (χ1v) is 8.18. The number of aryl methyl sites for hydroxylation is 1. The van der Waals surface area contributed by atoms with Crippen LogP contribution in [0.2, 0.25) is 0 Å². The third kappa shape index (κ3) is 2.54. The van der Waals surface area contributed by atoms with E-state index in [1.165, 1.54) is 0 Å². The van der Waals surface area contributed by atoms with Gasteiger partial charge in [0, 0.05) is 18.0 Å². The smallest absolute Gasteiger partial charge is 0.264 e. The summed E-state index contributed by atoms with van der Waals surface area (Å²) in [4.78, 5) is 19.1. The fourth-order valence-electron chi connectivity index (χ4n) is 3.32. The summed E-state index contributed by atoms with van der Waals surface area (Å²) in [5, 5.41) is 6.96. The molecule has 4 rings (SSSR count). The predicted octanol–water partition coefficient (Wildman–Crippen LogP) is 1.58. The molecule has 7 nitrogen and oxygen atoms in total. The van der Waals surface area contributed by atoms with Gasteiger partial charge < -0.3 is 14.4 Å². The van der Waals surface area contributed by atoms with Crippen LogP contribution in [0.4, 0.5) is 0 Å². The molecule has 2 aromatic rings. The lowest BCUT2D eigenvalue weighted by Gasteiger charge is -2.33. The lowest BCUT2D eigenvalue weighted by atomic mass is 9.96. The highest BCUT2D eigenvalue weighted by Crippen LogP contribution is 2.38. The number of H-pyrrole nitrogens is 1. The van der Waals surface area contributed by atoms with Crippen LogP contribution < -0.4 is 4.74 Å². The molecule has 0 radical (unpaired) electrons. The zero-order valence-corrected chi connectivity index (χ0v) is 13.7. The molecule has 3 atom stereocenters. The third-order valence-electron chi connectivity index (χ3n) is 4.64. The number of aromatic amines is 1. The number of aromatic nitrogens is 3. The van der Waals surface area contributed by atoms with Gasteiger partial charge in [0.15, 0.2) is 11.9 Å². The van der Waals surface area contributed by atoms with E-state index in [0.717, 1.165) is 17.1 Å². The van der Waals surface area contributed by atoms with Crippen molar-refractivity contribution in [1.82, 2.24) is 20.1 Å². The fourth-order valence-corrected chi connectivity index (χ4v) is 3.32. The van der Waals surface area contributed by atoms with Crippen LogP contribution in [0.5, 0.6) is 5.75 Å². The lowest BCUT2D eigenvalue weighted by Crippen LogP contribution is -2.48. The third-order valence-corrected chi connectivity index (χ3v) is 4.64. The minimum absolute atomic E-state index is 0.000687. The number of nitrogens with one attached hydrogen (secondary N) is 1. The molecule has 3 heterocycles. The van der Waals surface area contributed by atoms with Crippen molar-refractivity contribution in [3.05, 3.63) is 41.5 Å². The quantitative estimate of drug-likeness (QED) is 0.905. The molecule has 7 heteroatoms. The Kier molecular flexibility index (Phi) is 3.72. The highest BCUT2D eigenvalue weighted by molar-refractivity contribution is 5.83. The number of nitrogens with zero attached hydrogens (tertiary/aromatic N) is 3. The first-order valence-electron chi connectivity index (χ1n) is 8.18. The molecule has 0 saturated carbocycles. The summed E-state index contributed by atoms with van der Waals surface area (Å²) in [5.41, 5.74) is 1.09. The van der Waals surface area contributed by atoms with Crippen LogP contribution in [0.1, 0.15) is 36.2 Å². The van der Waals surface area contributed by atoms with Crippen LogP contribution in [0.15, 0.2) is 24.3 Å². The van der Waals surface area contributed by atoms with Crippen molar-refractivity contribution in [2.24, 2.45) is 0 Å². The Labute approximate surface area is 140 Å². The van der Waals surface area contributed by atoms with Crippen molar-refractivity contribution in [2.45, 2.75) is 32.0 Å². The van der Waals surface area contributed by atoms with Gasteiger partial charge in [-0.2, -0.15) is 5.10 Å². The van der Waals surface area contributed by atoms with E-state index in [9.17, 15) is 4.79 Å². The van der Waals surface area contributed by atoms with Crippen LogP contribution >= 0.6 is 0 Å². The predicted molar refractivity (Wildman–Crippen MR) is 85.7 cm³/mol. The molecule has 24 heavy (non-hydrogen) atoms. The molecule has 126 valence electrons. The van der Waals surface area contributed by atoms with Crippen LogP contribution in [-0.2, 0) is 9.53 Å². The second-order valence-electron chi connectivity index (χ2n) is 6.29. The maximum absolute atomic E-state index is 13.0. The van der Waals surface area contributed by atoms with Crippen molar-refractivity contribution in [1.29, 1.82) is 0 Å². The standard InChI is InChI=1S/C17H20N4O3/c1-10-12-5-3-4-6-13(12)24-15(10)17(22)21-7-8-23-14(9-21)16-18-11(2)19-20-16/h3-6,10,14-15H,7-9H2,1-2H3,(H,18,19,20). The summed E-state index contributed by atoms with van der Waals surface area (Å²) in [6, 6.07) is 7.83. The second-order valence-corrected chi connectivity index (χ2v) is 6.29. The molecule has 1 aromatic carbocycles. The number of ether oxygens (including phenoxy) is 2. The number of morpholine rings is 1. The summed E-state index contributed by atoms with van der Waals surface area (Å²) in [7, 11) is 0. The summed E-state index contributed by atoms with van der Waals surface area (Å²) >= 11 is 0. The topological polar surface area (TPSA) is 80.3 Å². The normalized spacial score (nSPS) is 26.1. The van der Waals surface area contributed by atoms with Gasteiger partial charge >= 0.3 is 0 Å². The average molecular weight is 328 g/mol. The minimum Gasteiger partial charge on any atom is -0.480 e. The first kappa shape index (κ1) is 15.1. The molecule has 2 aliphatic heterocycles. The summed E-state index contributed by atoms with van der Waals surface area (Å²) in [5.74, 6) is 2.17. The van der Waals surface area contributed by atoms with Gasteiger partial charge in [-0.3, -0.25) is 9.89 Å². The summed E-state index contributed by atoms with van der Waals surface area (Å²) < 4.78 is 11.6. The SMILES string of the molecule is Cc1nc(C2CN(C(=O)C3Oc4ccccc4C3C)CCO2)n[nH]1. The number of carbonyl (C=O) groups is 1. The van der Waals surface area contributed by atoms with E-state index in [4.69, 9.17) is 9.47 Å². The van der Waals surface area contributed by atoms with E-state index in [1.54, 1.807) is 4.90 Å². The van der Waals surface area contributed by atoms with Crippen LogP contribution in [0.3, 0.4) is 0 Å². The largest absolute Gasteiger partial charge is 0.480 e. The van der Waals surface area contributed by atoms with Crippen LogP contribution in [0.25, 0.3) is 0 Å². The van der Waals surface area contributed by atoms with Gasteiger partial charge in [0.25, 0.3) is 5.91 Å². The van der Waals surface area contributed by atoms with Crippen molar-refractivity contribution < 1.29 is 14.3 Å². The van der Waals surface area contributed by atoms with Gasteiger partial charge in [0.1, 0.15) is 17.7 Å². The monoisotopic (exact) mass is 328 g/mol. The molecule has 1 N–H and O–H groups in total. The lowest BCUT2D eigenvalue weighted by molar-refractivity contribution is -0.146. The maximum atomic E-state index is 13.0. The number of hydrogen-bond acceptors (Lipinski definition) is 5. The minimum atomic E-state index is -0.477. The molecule has 1 amide bonds. The molecule has 1 aromatic heterocycles. The Morgan fingerprint density at radius 3 is 2.96 bits per heavy atom. The fraction of sp³-hybridized carbons (Fsp3) is 0.471. The number of hydrogen-bond donors (Lipinski definition) is 1. The van der Waals surface area contributed by atoms with E-state index in [1.807, 2.05) is 38.1 Å². The van der Waals surface area contributed by atoms with Gasteiger partial charge in [-0.25, -0.2) is 4.98 Å². The Morgan fingerprint density at radius 1 is 1.38 bits per heavy atom. The molecule has 1 saturated heterocycles. The van der Waals surface area contributed by atoms with E-state index in [-0.39, 0.29) is 17.9 Å². The first-order chi connectivity index (χ1) is 11.6. The molecular formula is C17H20N4O3. The van der Waals surface area contributed by atoms with E-state index >= 15 is 0 Å². The van der Waals surface area contributed by atoms with Crippen LogP contribution in [0, 0.1) is 6.92 Å². The molecular weight excluding hydrogens is 308 g/mol. The van der Waals surface area contributed by atoms with Gasteiger partial charge in [0.05, 0.1) is 13.2 Å². The highest BCUT2D eigenvalue weighted by atomic mass is 16.5. The molecule has 3 unspecified atom stereocenters. The average Bonchev–Trinajstić information content (AvgIpc) is 3.19. The van der Waals surface area contributed by atoms with Gasteiger partial charge in [0.2, 0.25) is 0 Å². The highest BCUT2D eigenvalue weighted by Gasteiger charge is 2.40. The zero-order valence-electron chi connectivity index (χ0n) is 13.7. The van der Waals surface area contributed by atoms with E-state index in [2.05, 4.69) is 15.2 Å². The van der Waals surface area contributed by atoms with Crippen LogP contribution in [-0.4, -0.2) is 51.8 Å². The maximum Gasteiger partial charge on any atom is 0.264 e. The molecule has 0 spiro atoms. The number of benzene rings is 1. The number of rotatable bonds is 2. The van der Waals surface area contributed by atoms with Gasteiger partial charge in [-0.15, -0.1) is 0 Å². The Balaban J connectivity index is 1.49. The molecule has 1 fully saturated rings. The molecule has 0 aliphatic carbocycles. The van der Waals surface area contributed by atoms with Crippen molar-refractivity contribution in [3.8, 4) is 5.75 Å². The van der Waals surface area contributed by atoms with Gasteiger partial charge in [-0.1, -0.05) is 25.1 Å². The molecule has 2 aliphatic rings. The number of carbonyl (C=O) groups excluding carboxylic acids is 1. The number of fused-ring (bicyclic) bond motifs is 1. The number of amides is 1. The van der Waals surface area contributed by atoms with Crippen molar-refractivity contribution in [3.63, 3.8) is 0 Å². The number of para-hydroxylation sites is 1. The second kappa shape index (κ2) is 5.90. The van der Waals surface area contributed by atoms with Gasteiger partial charge in [-0.05, 0) is 13.0 Å². The van der Waals surface area contributed by atoms with E-state index in [0.29, 0.717) is 25.5 Å². The Hall–Kier alpha value is -2.41. The molecule has 0 bridgehead atoms. The Morgan fingerprint density at radius 2 is 2.21 bits per heavy atom. The van der Waals surface area contributed by atoms with Crippen molar-refractivity contribution >= 4 is 5.91 Å². The zero-order chi connectivity index (χ0) is 16.7. The summed E-state index contributed by atoms with van der Waals surface area (Å²) in [6.45, 7) is 5.34. The van der Waals surface area contributed by atoms with Crippen molar-refractivity contribution in [2.75, 3.05) is 19.7 Å². The van der Waals surface area contributed by atoms with E-state index < -0.39 is 6.10 Å².